The van der Waals surface area contributed by atoms with E-state index in [4.69, 9.17) is 16.7 Å². The summed E-state index contributed by atoms with van der Waals surface area (Å²) >= 11 is 5.67. The summed E-state index contributed by atoms with van der Waals surface area (Å²) in [5.74, 6) is 0. The molecule has 0 aliphatic carbocycles. The Bertz CT molecular complexity index is 391. The Hall–Kier alpha value is -1.11. The topological polar surface area (TPSA) is 98.2 Å². The maximum atomic E-state index is 11.0. The number of aromatic amines is 1. The van der Waals surface area contributed by atoms with Crippen LogP contribution < -0.4 is 10.9 Å². The lowest BCUT2D eigenvalue weighted by molar-refractivity contribution is 0.0132. The van der Waals surface area contributed by atoms with Crippen LogP contribution in [0.15, 0.2) is 11.0 Å². The third kappa shape index (κ3) is 3.19. The molecule has 6 nitrogen and oxygen atoms in total. The Morgan fingerprint density at radius 2 is 2.40 bits per heavy atom. The summed E-state index contributed by atoms with van der Waals surface area (Å²) < 4.78 is 0. The van der Waals surface area contributed by atoms with E-state index in [0.29, 0.717) is 5.69 Å². The summed E-state index contributed by atoms with van der Waals surface area (Å²) in [6, 6.07) is 0. The number of aromatic nitrogens is 2. The van der Waals surface area contributed by atoms with Crippen molar-refractivity contribution in [2.45, 2.75) is 12.5 Å². The van der Waals surface area contributed by atoms with Crippen LogP contribution in [0, 0.1) is 0 Å². The number of aliphatic hydroxyl groups excluding tert-OH is 1. The van der Waals surface area contributed by atoms with E-state index in [1.54, 1.807) is 0 Å². The summed E-state index contributed by atoms with van der Waals surface area (Å²) in [7, 11) is 0. The summed E-state index contributed by atoms with van der Waals surface area (Å²) in [5, 5.41) is 26.7. The molecule has 4 N–H and O–H groups in total. The number of hydrogen-bond donors (Lipinski definition) is 4. The first-order valence-electron chi connectivity index (χ1n) is 4.26. The molecule has 15 heavy (non-hydrogen) atoms. The molecule has 0 fully saturated rings. The molecule has 0 saturated heterocycles. The fourth-order valence-electron chi connectivity index (χ4n) is 0.848. The van der Waals surface area contributed by atoms with Crippen LogP contribution >= 0.6 is 11.6 Å². The molecule has 1 atom stereocenters. The number of hydrogen-bond acceptors (Lipinski definition) is 5. The van der Waals surface area contributed by atoms with Gasteiger partial charge < -0.3 is 15.5 Å². The first-order valence-corrected chi connectivity index (χ1v) is 4.64. The third-order valence-electron chi connectivity index (χ3n) is 1.80. The van der Waals surface area contributed by atoms with Gasteiger partial charge in [0.05, 0.1) is 18.5 Å². The van der Waals surface area contributed by atoms with E-state index in [-0.39, 0.29) is 11.6 Å². The lowest BCUT2D eigenvalue weighted by Crippen LogP contribution is -2.37. The lowest BCUT2D eigenvalue weighted by Gasteiger charge is -2.21. The molecular weight excluding hydrogens is 222 g/mol. The van der Waals surface area contributed by atoms with E-state index in [9.17, 15) is 9.90 Å². The molecule has 84 valence electrons. The van der Waals surface area contributed by atoms with Crippen molar-refractivity contribution in [1.29, 1.82) is 0 Å². The van der Waals surface area contributed by atoms with Crippen LogP contribution in [0.5, 0.6) is 0 Å². The van der Waals surface area contributed by atoms with Gasteiger partial charge in [-0.1, -0.05) is 11.6 Å². The molecule has 1 rings (SSSR count). The van der Waals surface area contributed by atoms with Crippen molar-refractivity contribution in [3.05, 3.63) is 21.6 Å². The Morgan fingerprint density at radius 3 is 3.00 bits per heavy atom. The number of anilines is 1. The van der Waals surface area contributed by atoms with Crippen LogP contribution in [0.2, 0.25) is 5.02 Å². The molecule has 0 spiro atoms. The highest BCUT2D eigenvalue weighted by Gasteiger charge is 2.19. The van der Waals surface area contributed by atoms with Gasteiger partial charge in [0.25, 0.3) is 5.56 Å². The Balaban J connectivity index is 2.74. The minimum Gasteiger partial charge on any atom is -0.393 e. The predicted octanol–water partition coefficient (Wildman–Crippen LogP) is -0.422. The molecule has 0 radical (unpaired) electrons. The molecule has 0 aliphatic rings. The summed E-state index contributed by atoms with van der Waals surface area (Å²) in [6.07, 6.45) is 1.33. The van der Waals surface area contributed by atoms with Crippen molar-refractivity contribution in [3.63, 3.8) is 0 Å². The third-order valence-corrected chi connectivity index (χ3v) is 2.17. The predicted molar refractivity (Wildman–Crippen MR) is 56.1 cm³/mol. The quantitative estimate of drug-likeness (QED) is 0.566. The lowest BCUT2D eigenvalue weighted by atomic mass is 10.1. The minimum absolute atomic E-state index is 0.0289. The highest BCUT2D eigenvalue weighted by molar-refractivity contribution is 6.32. The van der Waals surface area contributed by atoms with E-state index in [0.717, 1.165) is 0 Å². The fraction of sp³-hybridized carbons (Fsp3) is 0.500. The largest absolute Gasteiger partial charge is 0.393 e. The van der Waals surface area contributed by atoms with Gasteiger partial charge in [0.15, 0.2) is 0 Å². The Kier molecular flexibility index (Phi) is 3.67. The van der Waals surface area contributed by atoms with Crippen molar-refractivity contribution < 1.29 is 10.2 Å². The van der Waals surface area contributed by atoms with Crippen LogP contribution in [-0.4, -0.2) is 39.2 Å². The number of aliphatic hydroxyl groups is 2. The number of rotatable bonds is 4. The van der Waals surface area contributed by atoms with Crippen molar-refractivity contribution in [2.24, 2.45) is 0 Å². The zero-order valence-corrected chi connectivity index (χ0v) is 8.88. The van der Waals surface area contributed by atoms with Gasteiger partial charge in [-0.3, -0.25) is 4.79 Å². The second-order valence-electron chi connectivity index (χ2n) is 3.44. The van der Waals surface area contributed by atoms with Gasteiger partial charge in [-0.25, -0.2) is 5.10 Å². The molecule has 1 aromatic rings. The van der Waals surface area contributed by atoms with E-state index in [1.807, 2.05) is 0 Å². The van der Waals surface area contributed by atoms with E-state index >= 15 is 0 Å². The molecule has 0 bridgehead atoms. The molecular formula is C8H12ClN3O3. The Morgan fingerprint density at radius 1 is 1.73 bits per heavy atom. The molecule has 0 saturated carbocycles. The van der Waals surface area contributed by atoms with E-state index < -0.39 is 17.8 Å². The summed E-state index contributed by atoms with van der Waals surface area (Å²) in [6.45, 7) is 1.12. The fourth-order valence-corrected chi connectivity index (χ4v) is 1.01. The van der Waals surface area contributed by atoms with Gasteiger partial charge >= 0.3 is 0 Å². The molecule has 0 aromatic carbocycles. The highest BCUT2D eigenvalue weighted by atomic mass is 35.5. The number of nitrogens with zero attached hydrogens (tertiary/aromatic N) is 1. The Labute approximate surface area is 90.9 Å². The van der Waals surface area contributed by atoms with Crippen molar-refractivity contribution in [1.82, 2.24) is 10.2 Å². The van der Waals surface area contributed by atoms with Crippen molar-refractivity contribution in [2.75, 3.05) is 18.5 Å². The number of H-pyrrole nitrogens is 1. The van der Waals surface area contributed by atoms with Crippen LogP contribution in [0.4, 0.5) is 5.69 Å². The monoisotopic (exact) mass is 233 g/mol. The van der Waals surface area contributed by atoms with Crippen LogP contribution in [0.3, 0.4) is 0 Å². The maximum absolute atomic E-state index is 11.0. The van der Waals surface area contributed by atoms with Gasteiger partial charge in [-0.15, -0.1) is 0 Å². The first-order chi connectivity index (χ1) is 6.96. The molecule has 0 amide bonds. The van der Waals surface area contributed by atoms with Gasteiger partial charge in [0.2, 0.25) is 0 Å². The van der Waals surface area contributed by atoms with E-state index in [1.165, 1.54) is 13.1 Å². The average Bonchev–Trinajstić information content (AvgIpc) is 2.20. The average molecular weight is 234 g/mol. The number of halogens is 1. The van der Waals surface area contributed by atoms with Gasteiger partial charge in [-0.05, 0) is 6.92 Å². The first kappa shape index (κ1) is 12.0. The van der Waals surface area contributed by atoms with E-state index in [2.05, 4.69) is 15.5 Å². The highest BCUT2D eigenvalue weighted by Crippen LogP contribution is 2.15. The molecule has 1 unspecified atom stereocenters. The smallest absolute Gasteiger partial charge is 0.285 e. The van der Waals surface area contributed by atoms with Crippen LogP contribution in [0.25, 0.3) is 0 Å². The second-order valence-corrected chi connectivity index (χ2v) is 3.81. The summed E-state index contributed by atoms with van der Waals surface area (Å²) in [4.78, 5) is 11.0. The molecule has 7 heteroatoms. The van der Waals surface area contributed by atoms with Crippen LogP contribution in [0.1, 0.15) is 6.92 Å². The minimum atomic E-state index is -1.27. The molecule has 1 heterocycles. The second kappa shape index (κ2) is 4.61. The standard InChI is InChI=1S/C8H12ClN3O3/c1-8(15,4-13)3-10-5-2-11-12-7(14)6(5)9/h2,13,15H,3-4H2,1H3,(H2,10,12,14). The van der Waals surface area contributed by atoms with Crippen LogP contribution in [-0.2, 0) is 0 Å². The normalized spacial score (nSPS) is 14.7. The maximum Gasteiger partial charge on any atom is 0.285 e. The zero-order chi connectivity index (χ0) is 11.5. The molecule has 0 aliphatic heterocycles. The van der Waals surface area contributed by atoms with Gasteiger partial charge in [0, 0.05) is 6.54 Å². The number of nitrogens with one attached hydrogen (secondary N) is 2. The zero-order valence-electron chi connectivity index (χ0n) is 8.12. The van der Waals surface area contributed by atoms with Crippen molar-refractivity contribution in [3.8, 4) is 0 Å². The van der Waals surface area contributed by atoms with Gasteiger partial charge in [-0.2, -0.15) is 5.10 Å². The summed E-state index contributed by atoms with van der Waals surface area (Å²) in [5.41, 5.74) is -1.47. The van der Waals surface area contributed by atoms with Crippen molar-refractivity contribution >= 4 is 17.3 Å². The SMILES string of the molecule is CC(O)(CO)CNc1cn[nH]c(=O)c1Cl. The molecule has 1 aromatic heterocycles. The van der Waals surface area contributed by atoms with Gasteiger partial charge in [0.1, 0.15) is 10.6 Å².